The topological polar surface area (TPSA) is 69.7 Å². The molecule has 1 aromatic carbocycles. The normalized spacial score (nSPS) is 15.9. The first-order chi connectivity index (χ1) is 11.0. The van der Waals surface area contributed by atoms with Gasteiger partial charge in [-0.1, -0.05) is 24.3 Å². The molecule has 1 fully saturated rings. The summed E-state index contributed by atoms with van der Waals surface area (Å²) in [5.74, 6) is 0.0409. The third-order valence-corrected chi connectivity index (χ3v) is 5.67. The van der Waals surface area contributed by atoms with E-state index in [1.165, 1.54) is 14.2 Å². The number of hydrogen-bond acceptors (Lipinski definition) is 5. The number of ketones is 1. The van der Waals surface area contributed by atoms with Crippen molar-refractivity contribution in [1.82, 2.24) is 0 Å². The van der Waals surface area contributed by atoms with Crippen LogP contribution in [0.3, 0.4) is 0 Å². The van der Waals surface area contributed by atoms with Crippen LogP contribution in [0.4, 0.5) is 0 Å². The minimum Gasteiger partial charge on any atom is -0.349 e. The Hall–Kier alpha value is -1.50. The van der Waals surface area contributed by atoms with E-state index in [9.17, 15) is 13.2 Å². The number of ether oxygens (including phenoxy) is 2. The summed E-state index contributed by atoms with van der Waals surface area (Å²) in [5, 5.41) is 0. The average molecular weight is 338 g/mol. The molecule has 0 radical (unpaired) electrons. The van der Waals surface area contributed by atoms with Crippen molar-refractivity contribution in [3.05, 3.63) is 41.3 Å². The van der Waals surface area contributed by atoms with Gasteiger partial charge in [-0.05, 0) is 37.3 Å². The van der Waals surface area contributed by atoms with Crippen molar-refractivity contribution in [2.75, 3.05) is 14.2 Å². The molecule has 1 aliphatic rings. The van der Waals surface area contributed by atoms with Crippen molar-refractivity contribution in [2.24, 2.45) is 5.92 Å². The summed E-state index contributed by atoms with van der Waals surface area (Å²) in [4.78, 5) is 12.6. The highest BCUT2D eigenvalue weighted by Crippen LogP contribution is 2.35. The molecule has 0 atom stereocenters. The largest absolute Gasteiger partial charge is 0.349 e. The molecule has 0 spiro atoms. The van der Waals surface area contributed by atoms with Crippen molar-refractivity contribution in [2.45, 2.75) is 36.9 Å². The number of hydrogen-bond donors (Lipinski definition) is 0. The molecule has 0 N–H and O–H groups in total. The van der Waals surface area contributed by atoms with Gasteiger partial charge in [-0.25, -0.2) is 8.42 Å². The van der Waals surface area contributed by atoms with Crippen LogP contribution >= 0.6 is 0 Å². The maximum atomic E-state index is 12.8. The molecule has 5 nitrogen and oxygen atoms in total. The van der Waals surface area contributed by atoms with Crippen molar-refractivity contribution < 1.29 is 22.7 Å². The van der Waals surface area contributed by atoms with Gasteiger partial charge in [0.1, 0.15) is 0 Å². The third-order valence-electron chi connectivity index (χ3n) is 3.75. The van der Waals surface area contributed by atoms with E-state index >= 15 is 0 Å². The molecule has 0 heterocycles. The third kappa shape index (κ3) is 4.73. The number of methoxy groups -OCH3 is 2. The lowest BCUT2D eigenvalue weighted by Crippen LogP contribution is -2.25. The molecule has 1 aromatic rings. The Morgan fingerprint density at radius 3 is 2.30 bits per heavy atom. The van der Waals surface area contributed by atoms with E-state index in [1.54, 1.807) is 36.4 Å². The monoisotopic (exact) mass is 338 g/mol. The maximum Gasteiger partial charge on any atom is 0.217 e. The molecule has 0 aliphatic heterocycles. The minimum atomic E-state index is -3.56. The second-order valence-electron chi connectivity index (χ2n) is 5.56. The van der Waals surface area contributed by atoms with Gasteiger partial charge >= 0.3 is 0 Å². The van der Waals surface area contributed by atoms with Gasteiger partial charge in [-0.2, -0.15) is 0 Å². The summed E-state index contributed by atoms with van der Waals surface area (Å²) in [6.45, 7) is 0. The molecule has 2 rings (SSSR count). The van der Waals surface area contributed by atoms with Gasteiger partial charge < -0.3 is 9.47 Å². The van der Waals surface area contributed by atoms with Gasteiger partial charge in [0.15, 0.2) is 5.78 Å². The summed E-state index contributed by atoms with van der Waals surface area (Å²) < 4.78 is 35.4. The van der Waals surface area contributed by atoms with E-state index in [0.717, 1.165) is 12.8 Å². The molecule has 0 aromatic heterocycles. The Bertz CT molecular complexity index is 655. The summed E-state index contributed by atoms with van der Waals surface area (Å²) >= 11 is 0. The van der Waals surface area contributed by atoms with Crippen LogP contribution in [0.2, 0.25) is 0 Å². The van der Waals surface area contributed by atoms with E-state index in [-0.39, 0.29) is 23.5 Å². The quantitative estimate of drug-likeness (QED) is 0.648. The maximum absolute atomic E-state index is 12.8. The van der Waals surface area contributed by atoms with Crippen LogP contribution in [0.1, 0.15) is 25.7 Å². The first kappa shape index (κ1) is 17.8. The number of Topliss-reactive ketones (excluding diaryl/α,β-unsaturated/α-hetero) is 1. The lowest BCUT2D eigenvalue weighted by atomic mass is 10.2. The van der Waals surface area contributed by atoms with E-state index in [0.29, 0.717) is 10.8 Å². The fraction of sp³-hybridized carbons (Fsp3) is 0.471. The summed E-state index contributed by atoms with van der Waals surface area (Å²) in [7, 11) is -0.798. The fourth-order valence-corrected chi connectivity index (χ4v) is 3.87. The lowest BCUT2D eigenvalue weighted by Gasteiger charge is -2.13. The van der Waals surface area contributed by atoms with Crippen LogP contribution < -0.4 is 0 Å². The van der Waals surface area contributed by atoms with Gasteiger partial charge in [0.05, 0.1) is 4.90 Å². The van der Waals surface area contributed by atoms with E-state index < -0.39 is 16.1 Å². The van der Waals surface area contributed by atoms with Crippen LogP contribution in [-0.2, 0) is 24.1 Å². The highest BCUT2D eigenvalue weighted by Gasteiger charge is 2.27. The SMILES string of the molecule is COC(OC)C(=O)CC/C(=C\C1CC1)S(=O)(=O)c1ccccc1. The highest BCUT2D eigenvalue weighted by atomic mass is 32.2. The molecule has 6 heteroatoms. The van der Waals surface area contributed by atoms with E-state index in [2.05, 4.69) is 0 Å². The summed E-state index contributed by atoms with van der Waals surface area (Å²) in [6.07, 6.45) is 3.08. The first-order valence-electron chi connectivity index (χ1n) is 7.58. The van der Waals surface area contributed by atoms with Crippen molar-refractivity contribution in [1.29, 1.82) is 0 Å². The molecule has 126 valence electrons. The van der Waals surface area contributed by atoms with Gasteiger partial charge in [-0.15, -0.1) is 0 Å². The van der Waals surface area contributed by atoms with Crippen molar-refractivity contribution in [3.8, 4) is 0 Å². The van der Waals surface area contributed by atoms with E-state index in [4.69, 9.17) is 9.47 Å². The van der Waals surface area contributed by atoms with Crippen molar-refractivity contribution >= 4 is 15.6 Å². The lowest BCUT2D eigenvalue weighted by molar-refractivity contribution is -0.156. The predicted octanol–water partition coefficient (Wildman–Crippen LogP) is 2.72. The number of rotatable bonds is 9. The van der Waals surface area contributed by atoms with Gasteiger partial charge in [0.25, 0.3) is 0 Å². The van der Waals surface area contributed by atoms with Crippen LogP contribution in [0.15, 0.2) is 46.2 Å². The Morgan fingerprint density at radius 2 is 1.78 bits per heavy atom. The van der Waals surface area contributed by atoms with Crippen molar-refractivity contribution in [3.63, 3.8) is 0 Å². The Morgan fingerprint density at radius 1 is 1.17 bits per heavy atom. The molecule has 0 unspecified atom stereocenters. The summed E-state index contributed by atoms with van der Waals surface area (Å²) in [6, 6.07) is 8.31. The smallest absolute Gasteiger partial charge is 0.217 e. The first-order valence-corrected chi connectivity index (χ1v) is 9.06. The molecule has 0 amide bonds. The van der Waals surface area contributed by atoms with Gasteiger partial charge in [0, 0.05) is 25.5 Å². The van der Waals surface area contributed by atoms with E-state index in [1.807, 2.05) is 0 Å². The zero-order valence-corrected chi connectivity index (χ0v) is 14.2. The molecule has 1 saturated carbocycles. The second-order valence-corrected chi connectivity index (χ2v) is 7.56. The van der Waals surface area contributed by atoms with Gasteiger partial charge in [0.2, 0.25) is 16.1 Å². The number of carbonyl (C=O) groups excluding carboxylic acids is 1. The zero-order valence-electron chi connectivity index (χ0n) is 13.4. The minimum absolute atomic E-state index is 0.0664. The Labute approximate surface area is 137 Å². The molecular formula is C17H22O5S. The number of allylic oxidation sites excluding steroid dienone is 2. The molecule has 1 aliphatic carbocycles. The summed E-state index contributed by atoms with van der Waals surface area (Å²) in [5.41, 5.74) is 0. The molecule has 0 bridgehead atoms. The number of carbonyl (C=O) groups is 1. The number of benzene rings is 1. The standard InChI is InChI=1S/C17H22O5S/c1-21-17(22-2)16(18)11-10-15(12-13-8-9-13)23(19,20)14-6-4-3-5-7-14/h3-7,12-13,17H,8-11H2,1-2H3/b15-12+. The van der Waals surface area contributed by atoms with Crippen LogP contribution in [-0.4, -0.2) is 34.7 Å². The Balaban J connectivity index is 2.17. The fourth-order valence-electron chi connectivity index (χ4n) is 2.31. The molecular weight excluding hydrogens is 316 g/mol. The van der Waals surface area contributed by atoms with Crippen LogP contribution in [0.5, 0.6) is 0 Å². The highest BCUT2D eigenvalue weighted by molar-refractivity contribution is 7.95. The van der Waals surface area contributed by atoms with Crippen LogP contribution in [0.25, 0.3) is 0 Å². The molecule has 0 saturated heterocycles. The zero-order chi connectivity index (χ0) is 16.9. The Kier molecular flexibility index (Phi) is 6.10. The second kappa shape index (κ2) is 7.86. The average Bonchev–Trinajstić information content (AvgIpc) is 3.37. The predicted molar refractivity (Wildman–Crippen MR) is 86.5 cm³/mol. The van der Waals surface area contributed by atoms with Crippen LogP contribution in [0, 0.1) is 5.92 Å². The number of sulfone groups is 1. The van der Waals surface area contributed by atoms with Gasteiger partial charge in [-0.3, -0.25) is 4.79 Å². The molecule has 23 heavy (non-hydrogen) atoms.